The molecule has 1 aliphatic rings. The normalized spacial score (nSPS) is 22.9. The average molecular weight is 223 g/mol. The van der Waals surface area contributed by atoms with Crippen molar-refractivity contribution in [1.29, 1.82) is 0 Å². The lowest BCUT2D eigenvalue weighted by molar-refractivity contribution is -0.102. The number of aromatic nitrogens is 2. The lowest BCUT2D eigenvalue weighted by atomic mass is 10.0. The van der Waals surface area contributed by atoms with Crippen LogP contribution in [-0.2, 0) is 9.47 Å². The molecule has 88 valence electrons. The van der Waals surface area contributed by atoms with Crippen LogP contribution in [0.25, 0.3) is 0 Å². The maximum atomic E-state index is 5.70. The van der Waals surface area contributed by atoms with Crippen LogP contribution in [0.1, 0.15) is 18.5 Å². The maximum absolute atomic E-state index is 5.70. The van der Waals surface area contributed by atoms with Crippen LogP contribution in [0.15, 0.2) is 18.7 Å². The van der Waals surface area contributed by atoms with Crippen molar-refractivity contribution in [3.8, 4) is 0 Å². The molecule has 1 saturated heterocycles. The number of hydrogen-bond acceptors (Lipinski definition) is 5. The van der Waals surface area contributed by atoms with E-state index >= 15 is 0 Å². The zero-order valence-electron chi connectivity index (χ0n) is 9.43. The number of nitrogens with one attached hydrogen (secondary N) is 1. The Kier molecular flexibility index (Phi) is 4.21. The molecule has 0 bridgehead atoms. The second kappa shape index (κ2) is 5.89. The van der Waals surface area contributed by atoms with Crippen molar-refractivity contribution in [3.05, 3.63) is 24.3 Å². The summed E-state index contributed by atoms with van der Waals surface area (Å²) in [6.45, 7) is 4.90. The van der Waals surface area contributed by atoms with Gasteiger partial charge < -0.3 is 14.8 Å². The molecule has 0 aromatic carbocycles. The molecule has 1 aromatic heterocycles. The van der Waals surface area contributed by atoms with Crippen LogP contribution in [0, 0.1) is 0 Å². The zero-order chi connectivity index (χ0) is 11.2. The first-order valence-corrected chi connectivity index (χ1v) is 5.59. The van der Waals surface area contributed by atoms with Gasteiger partial charge in [0.25, 0.3) is 0 Å². The second-order valence-corrected chi connectivity index (χ2v) is 3.69. The van der Waals surface area contributed by atoms with Crippen molar-refractivity contribution in [2.45, 2.75) is 19.1 Å². The number of hydrogen-bond donors (Lipinski definition) is 1. The minimum atomic E-state index is 0.0414. The topological polar surface area (TPSA) is 56.3 Å². The fourth-order valence-electron chi connectivity index (χ4n) is 1.85. The highest BCUT2D eigenvalue weighted by Gasteiger charge is 2.26. The monoisotopic (exact) mass is 223 g/mol. The van der Waals surface area contributed by atoms with Crippen LogP contribution in [0.5, 0.6) is 0 Å². The predicted octanol–water partition coefficient (Wildman–Crippen LogP) is 0.543. The molecule has 1 aliphatic heterocycles. The molecule has 2 heterocycles. The van der Waals surface area contributed by atoms with E-state index in [9.17, 15) is 0 Å². The summed E-state index contributed by atoms with van der Waals surface area (Å²) >= 11 is 0. The highest BCUT2D eigenvalue weighted by atomic mass is 16.6. The summed E-state index contributed by atoms with van der Waals surface area (Å²) in [5, 5.41) is 3.38. The Morgan fingerprint density at radius 1 is 1.44 bits per heavy atom. The van der Waals surface area contributed by atoms with Gasteiger partial charge in [0.15, 0.2) is 0 Å². The highest BCUT2D eigenvalue weighted by Crippen LogP contribution is 2.20. The van der Waals surface area contributed by atoms with E-state index < -0.39 is 0 Å². The smallest absolute Gasteiger partial charge is 0.115 e. The van der Waals surface area contributed by atoms with Crippen molar-refractivity contribution in [2.24, 2.45) is 0 Å². The molecule has 0 spiro atoms. The van der Waals surface area contributed by atoms with Gasteiger partial charge in [0.1, 0.15) is 12.4 Å². The van der Waals surface area contributed by atoms with Crippen LogP contribution >= 0.6 is 0 Å². The first kappa shape index (κ1) is 11.4. The maximum Gasteiger partial charge on any atom is 0.115 e. The summed E-state index contributed by atoms with van der Waals surface area (Å²) in [5.74, 6) is 0. The standard InChI is InChI=1S/C11H17N3O2/c1-2-14-11(9-5-12-8-13-6-9)10-7-15-3-4-16-10/h5-6,8,10-11,14H,2-4,7H2,1H3. The summed E-state index contributed by atoms with van der Waals surface area (Å²) < 4.78 is 11.1. The molecule has 1 aromatic rings. The van der Waals surface area contributed by atoms with Gasteiger partial charge in [-0.05, 0) is 6.54 Å². The lowest BCUT2D eigenvalue weighted by Crippen LogP contribution is -2.40. The van der Waals surface area contributed by atoms with Crippen LogP contribution < -0.4 is 5.32 Å². The lowest BCUT2D eigenvalue weighted by Gasteiger charge is -2.30. The van der Waals surface area contributed by atoms with E-state index in [2.05, 4.69) is 22.2 Å². The SMILES string of the molecule is CCNC(c1cncnc1)C1COCCO1. The van der Waals surface area contributed by atoms with E-state index in [0.29, 0.717) is 19.8 Å². The molecule has 2 atom stereocenters. The molecule has 16 heavy (non-hydrogen) atoms. The van der Waals surface area contributed by atoms with E-state index in [0.717, 1.165) is 12.1 Å². The van der Waals surface area contributed by atoms with Gasteiger partial charge in [-0.2, -0.15) is 0 Å². The summed E-state index contributed by atoms with van der Waals surface area (Å²) in [6, 6.07) is 0.103. The molecule has 1 fully saturated rings. The first-order valence-electron chi connectivity index (χ1n) is 5.59. The molecule has 5 heteroatoms. The van der Waals surface area contributed by atoms with Gasteiger partial charge in [-0.3, -0.25) is 0 Å². The molecule has 1 N–H and O–H groups in total. The van der Waals surface area contributed by atoms with Gasteiger partial charge >= 0.3 is 0 Å². The fourth-order valence-corrected chi connectivity index (χ4v) is 1.85. The number of ether oxygens (including phenoxy) is 2. The van der Waals surface area contributed by atoms with Crippen molar-refractivity contribution in [1.82, 2.24) is 15.3 Å². The Morgan fingerprint density at radius 2 is 2.25 bits per heavy atom. The average Bonchev–Trinajstić information content (AvgIpc) is 2.38. The third-order valence-corrected chi connectivity index (χ3v) is 2.58. The Labute approximate surface area is 95.2 Å². The van der Waals surface area contributed by atoms with Gasteiger partial charge in [0.2, 0.25) is 0 Å². The van der Waals surface area contributed by atoms with Crippen LogP contribution in [0.3, 0.4) is 0 Å². The molecule has 5 nitrogen and oxygen atoms in total. The van der Waals surface area contributed by atoms with Gasteiger partial charge in [-0.25, -0.2) is 9.97 Å². The first-order chi connectivity index (χ1) is 7.92. The van der Waals surface area contributed by atoms with Crippen molar-refractivity contribution in [3.63, 3.8) is 0 Å². The number of nitrogens with zero attached hydrogens (tertiary/aromatic N) is 2. The molecular weight excluding hydrogens is 206 g/mol. The minimum absolute atomic E-state index is 0.0414. The molecule has 0 radical (unpaired) electrons. The van der Waals surface area contributed by atoms with Crippen molar-refractivity contribution < 1.29 is 9.47 Å². The third kappa shape index (κ3) is 2.75. The van der Waals surface area contributed by atoms with Crippen LogP contribution in [0.2, 0.25) is 0 Å². The molecule has 0 amide bonds. The van der Waals surface area contributed by atoms with E-state index in [1.807, 2.05) is 12.4 Å². The van der Waals surface area contributed by atoms with E-state index in [1.165, 1.54) is 6.33 Å². The number of rotatable bonds is 4. The Morgan fingerprint density at radius 3 is 2.88 bits per heavy atom. The molecule has 0 aliphatic carbocycles. The molecular formula is C11H17N3O2. The molecule has 0 saturated carbocycles. The minimum Gasteiger partial charge on any atom is -0.376 e. The van der Waals surface area contributed by atoms with Crippen molar-refractivity contribution >= 4 is 0 Å². The van der Waals surface area contributed by atoms with Crippen LogP contribution in [0.4, 0.5) is 0 Å². The largest absolute Gasteiger partial charge is 0.376 e. The predicted molar refractivity (Wildman–Crippen MR) is 59.0 cm³/mol. The quantitative estimate of drug-likeness (QED) is 0.807. The van der Waals surface area contributed by atoms with Gasteiger partial charge in [0, 0.05) is 18.0 Å². The summed E-state index contributed by atoms with van der Waals surface area (Å²) in [7, 11) is 0. The van der Waals surface area contributed by atoms with Crippen molar-refractivity contribution in [2.75, 3.05) is 26.4 Å². The second-order valence-electron chi connectivity index (χ2n) is 3.69. The fraction of sp³-hybridized carbons (Fsp3) is 0.636. The third-order valence-electron chi connectivity index (χ3n) is 2.58. The summed E-state index contributed by atoms with van der Waals surface area (Å²) in [5.41, 5.74) is 1.04. The Balaban J connectivity index is 2.09. The van der Waals surface area contributed by atoms with Gasteiger partial charge in [-0.1, -0.05) is 6.92 Å². The van der Waals surface area contributed by atoms with E-state index in [1.54, 1.807) is 0 Å². The summed E-state index contributed by atoms with van der Waals surface area (Å²) in [4.78, 5) is 8.07. The Hall–Kier alpha value is -1.04. The van der Waals surface area contributed by atoms with E-state index in [-0.39, 0.29) is 12.1 Å². The van der Waals surface area contributed by atoms with E-state index in [4.69, 9.17) is 9.47 Å². The highest BCUT2D eigenvalue weighted by molar-refractivity contribution is 5.11. The zero-order valence-corrected chi connectivity index (χ0v) is 9.43. The number of likely N-dealkylation sites (N-methyl/N-ethyl adjacent to an activating group) is 1. The molecule has 2 unspecified atom stereocenters. The summed E-state index contributed by atoms with van der Waals surface area (Å²) in [6.07, 6.45) is 5.21. The van der Waals surface area contributed by atoms with Gasteiger partial charge in [-0.15, -0.1) is 0 Å². The van der Waals surface area contributed by atoms with Gasteiger partial charge in [0.05, 0.1) is 25.9 Å². The molecule has 2 rings (SSSR count). The van der Waals surface area contributed by atoms with Crippen LogP contribution in [-0.4, -0.2) is 42.4 Å². The Bertz CT molecular complexity index is 301.